The number of hydrogen-bond donors (Lipinski definition) is 2. The first-order valence-corrected chi connectivity index (χ1v) is 5.73. The van der Waals surface area contributed by atoms with Crippen LogP contribution in [0.15, 0.2) is 22.7 Å². The van der Waals surface area contributed by atoms with E-state index in [0.717, 1.165) is 13.1 Å². The van der Waals surface area contributed by atoms with E-state index in [1.54, 1.807) is 0 Å². The maximum Gasteiger partial charge on any atom is 0.228 e. The van der Waals surface area contributed by atoms with Gasteiger partial charge in [0.1, 0.15) is 0 Å². The topological polar surface area (TPSA) is 71.2 Å². The van der Waals surface area contributed by atoms with Crippen molar-refractivity contribution in [1.29, 1.82) is 0 Å². The van der Waals surface area contributed by atoms with E-state index in [4.69, 9.17) is 9.63 Å². The molecule has 0 radical (unpaired) electrons. The van der Waals surface area contributed by atoms with Crippen molar-refractivity contribution in [3.8, 4) is 17.1 Å². The third-order valence-corrected chi connectivity index (χ3v) is 2.44. The molecule has 96 valence electrons. The smallest absolute Gasteiger partial charge is 0.228 e. The van der Waals surface area contributed by atoms with Gasteiger partial charge in [-0.1, -0.05) is 12.1 Å². The van der Waals surface area contributed by atoms with E-state index >= 15 is 0 Å². The third-order valence-electron chi connectivity index (χ3n) is 2.44. The van der Waals surface area contributed by atoms with Gasteiger partial charge in [-0.15, -0.1) is 0 Å². The van der Waals surface area contributed by atoms with Gasteiger partial charge in [0, 0.05) is 18.5 Å². The maximum atomic E-state index is 13.2. The van der Waals surface area contributed by atoms with Crippen molar-refractivity contribution in [2.75, 3.05) is 13.1 Å². The first-order valence-electron chi connectivity index (χ1n) is 5.73. The molecule has 0 saturated carbocycles. The van der Waals surface area contributed by atoms with E-state index < -0.39 is 11.6 Å². The highest BCUT2D eigenvalue weighted by atomic mass is 19.1. The highest BCUT2D eigenvalue weighted by Crippen LogP contribution is 2.22. The average Bonchev–Trinajstić information content (AvgIpc) is 2.82. The minimum Gasteiger partial charge on any atom is -0.505 e. The number of nitrogens with zero attached hydrogens (tertiary/aromatic N) is 2. The van der Waals surface area contributed by atoms with Gasteiger partial charge < -0.3 is 14.9 Å². The fourth-order valence-corrected chi connectivity index (χ4v) is 1.49. The summed E-state index contributed by atoms with van der Waals surface area (Å²) in [5.74, 6) is -0.277. The fraction of sp³-hybridized carbons (Fsp3) is 0.333. The molecule has 1 aromatic heterocycles. The first kappa shape index (κ1) is 12.5. The largest absolute Gasteiger partial charge is 0.505 e. The molecule has 2 aromatic rings. The van der Waals surface area contributed by atoms with Crippen molar-refractivity contribution in [1.82, 2.24) is 15.5 Å². The SMILES string of the molecule is CCNCCc1nc(-c2ccc(O)c(F)c2)no1. The van der Waals surface area contributed by atoms with E-state index in [0.29, 0.717) is 23.7 Å². The fourth-order valence-electron chi connectivity index (χ4n) is 1.49. The number of nitrogens with one attached hydrogen (secondary N) is 1. The Morgan fingerprint density at radius 2 is 2.28 bits per heavy atom. The average molecular weight is 251 g/mol. The summed E-state index contributed by atoms with van der Waals surface area (Å²) in [6, 6.07) is 3.98. The molecule has 0 bridgehead atoms. The molecule has 6 heteroatoms. The predicted octanol–water partition coefficient (Wildman–Crippen LogP) is 1.73. The lowest BCUT2D eigenvalue weighted by Crippen LogP contribution is -2.16. The number of benzene rings is 1. The summed E-state index contributed by atoms with van der Waals surface area (Å²) in [7, 11) is 0. The predicted molar refractivity (Wildman–Crippen MR) is 63.6 cm³/mol. The van der Waals surface area contributed by atoms with E-state index in [-0.39, 0.29) is 0 Å². The van der Waals surface area contributed by atoms with Crippen molar-refractivity contribution < 1.29 is 14.0 Å². The number of halogens is 1. The molecule has 2 rings (SSSR count). The second-order valence-corrected chi connectivity index (χ2v) is 3.78. The molecule has 0 unspecified atom stereocenters. The standard InChI is InChI=1S/C12H14FN3O2/c1-2-14-6-5-11-15-12(16-18-11)8-3-4-10(17)9(13)7-8/h3-4,7,14,17H,2,5-6H2,1H3. The van der Waals surface area contributed by atoms with Gasteiger partial charge in [-0.25, -0.2) is 4.39 Å². The zero-order valence-corrected chi connectivity index (χ0v) is 9.98. The minimum atomic E-state index is -0.702. The Balaban J connectivity index is 2.11. The number of likely N-dealkylation sites (N-methyl/N-ethyl adjacent to an activating group) is 1. The Kier molecular flexibility index (Phi) is 3.88. The van der Waals surface area contributed by atoms with Gasteiger partial charge in [0.2, 0.25) is 11.7 Å². The molecule has 18 heavy (non-hydrogen) atoms. The van der Waals surface area contributed by atoms with Crippen LogP contribution in [-0.2, 0) is 6.42 Å². The summed E-state index contributed by atoms with van der Waals surface area (Å²) in [6.45, 7) is 3.64. The second kappa shape index (κ2) is 5.59. The minimum absolute atomic E-state index is 0.320. The zero-order chi connectivity index (χ0) is 13.0. The molecule has 0 amide bonds. The van der Waals surface area contributed by atoms with E-state index in [2.05, 4.69) is 15.5 Å². The highest BCUT2D eigenvalue weighted by molar-refractivity contribution is 5.55. The van der Waals surface area contributed by atoms with Crippen molar-refractivity contribution in [3.05, 3.63) is 29.9 Å². The van der Waals surface area contributed by atoms with Gasteiger partial charge in [-0.2, -0.15) is 4.98 Å². The highest BCUT2D eigenvalue weighted by Gasteiger charge is 2.10. The Morgan fingerprint density at radius 1 is 1.44 bits per heavy atom. The summed E-state index contributed by atoms with van der Waals surface area (Å²) < 4.78 is 18.2. The first-order chi connectivity index (χ1) is 8.70. The maximum absolute atomic E-state index is 13.2. The molecular formula is C12H14FN3O2. The monoisotopic (exact) mass is 251 g/mol. The Hall–Kier alpha value is -1.95. The third kappa shape index (κ3) is 2.84. The summed E-state index contributed by atoms with van der Waals surface area (Å²) in [5.41, 5.74) is 0.476. The number of aromatic nitrogens is 2. The van der Waals surface area contributed by atoms with E-state index in [1.165, 1.54) is 18.2 Å². The molecule has 0 aliphatic heterocycles. The van der Waals surface area contributed by atoms with Crippen LogP contribution in [-0.4, -0.2) is 28.3 Å². The molecule has 1 aromatic carbocycles. The molecule has 0 spiro atoms. The molecular weight excluding hydrogens is 237 g/mol. The molecule has 2 N–H and O–H groups in total. The summed E-state index contributed by atoms with van der Waals surface area (Å²) in [6.07, 6.45) is 0.626. The molecule has 5 nitrogen and oxygen atoms in total. The quantitative estimate of drug-likeness (QED) is 0.792. The van der Waals surface area contributed by atoms with Crippen molar-refractivity contribution in [2.24, 2.45) is 0 Å². The van der Waals surface area contributed by atoms with Crippen LogP contribution in [0.5, 0.6) is 5.75 Å². The summed E-state index contributed by atoms with van der Waals surface area (Å²) in [5, 5.41) is 16.0. The lowest BCUT2D eigenvalue weighted by molar-refractivity contribution is 0.376. The van der Waals surface area contributed by atoms with Gasteiger partial charge in [0.05, 0.1) is 0 Å². The van der Waals surface area contributed by atoms with Crippen molar-refractivity contribution >= 4 is 0 Å². The van der Waals surface area contributed by atoms with E-state index in [1.807, 2.05) is 6.92 Å². The van der Waals surface area contributed by atoms with Crippen molar-refractivity contribution in [2.45, 2.75) is 13.3 Å². The van der Waals surface area contributed by atoms with Crippen LogP contribution in [0, 0.1) is 5.82 Å². The van der Waals surface area contributed by atoms with Crippen LogP contribution in [0.2, 0.25) is 0 Å². The molecule has 1 heterocycles. The Morgan fingerprint density at radius 3 is 3.00 bits per heavy atom. The zero-order valence-electron chi connectivity index (χ0n) is 9.98. The van der Waals surface area contributed by atoms with E-state index in [9.17, 15) is 4.39 Å². The van der Waals surface area contributed by atoms with Gasteiger partial charge >= 0.3 is 0 Å². The summed E-state index contributed by atoms with van der Waals surface area (Å²) >= 11 is 0. The lowest BCUT2D eigenvalue weighted by Gasteiger charge is -1.97. The van der Waals surface area contributed by atoms with Gasteiger partial charge in [0.25, 0.3) is 0 Å². The van der Waals surface area contributed by atoms with Gasteiger partial charge in [-0.05, 0) is 24.7 Å². The molecule has 0 fully saturated rings. The molecule has 0 aliphatic rings. The van der Waals surface area contributed by atoms with Crippen molar-refractivity contribution in [3.63, 3.8) is 0 Å². The van der Waals surface area contributed by atoms with Crippen LogP contribution in [0.4, 0.5) is 4.39 Å². The number of phenolic OH excluding ortho intramolecular Hbond substituents is 1. The Bertz CT molecular complexity index is 528. The molecule has 0 aliphatic carbocycles. The normalized spacial score (nSPS) is 10.8. The van der Waals surface area contributed by atoms with Gasteiger partial charge in [0.15, 0.2) is 11.6 Å². The number of hydrogen-bond acceptors (Lipinski definition) is 5. The van der Waals surface area contributed by atoms with Crippen LogP contribution in [0.3, 0.4) is 0 Å². The summed E-state index contributed by atoms with van der Waals surface area (Å²) in [4.78, 5) is 4.16. The number of rotatable bonds is 5. The number of phenols is 1. The second-order valence-electron chi connectivity index (χ2n) is 3.78. The Labute approximate surface area is 104 Å². The molecule has 0 atom stereocenters. The lowest BCUT2D eigenvalue weighted by atomic mass is 10.2. The number of aromatic hydroxyl groups is 1. The van der Waals surface area contributed by atoms with Gasteiger partial charge in [-0.3, -0.25) is 0 Å². The van der Waals surface area contributed by atoms with Crippen LogP contribution < -0.4 is 5.32 Å². The van der Waals surface area contributed by atoms with Crippen LogP contribution >= 0.6 is 0 Å². The van der Waals surface area contributed by atoms with Crippen LogP contribution in [0.1, 0.15) is 12.8 Å². The molecule has 0 saturated heterocycles. The van der Waals surface area contributed by atoms with Crippen LogP contribution in [0.25, 0.3) is 11.4 Å².